The fraction of sp³-hybridized carbons (Fsp3) is 0.529. The third kappa shape index (κ3) is 3.08. The van der Waals surface area contributed by atoms with Gasteiger partial charge in [0.15, 0.2) is 0 Å². The number of aliphatic carboxylic acids is 1. The van der Waals surface area contributed by atoms with Gasteiger partial charge in [0.2, 0.25) is 0 Å². The van der Waals surface area contributed by atoms with Gasteiger partial charge >= 0.3 is 12.0 Å². The molecule has 1 aliphatic carbocycles. The van der Waals surface area contributed by atoms with E-state index in [1.54, 1.807) is 4.90 Å². The van der Waals surface area contributed by atoms with Crippen LogP contribution in [0.1, 0.15) is 37.2 Å². The second-order valence-electron chi connectivity index (χ2n) is 6.30. The van der Waals surface area contributed by atoms with E-state index in [1.807, 2.05) is 30.3 Å². The number of benzene rings is 1. The van der Waals surface area contributed by atoms with Gasteiger partial charge in [-0.3, -0.25) is 4.79 Å². The average molecular weight is 302 g/mol. The van der Waals surface area contributed by atoms with Crippen LogP contribution in [0.25, 0.3) is 0 Å². The van der Waals surface area contributed by atoms with Crippen LogP contribution in [-0.2, 0) is 4.79 Å². The second-order valence-corrected chi connectivity index (χ2v) is 6.30. The summed E-state index contributed by atoms with van der Waals surface area (Å²) < 4.78 is 0. The fourth-order valence-electron chi connectivity index (χ4n) is 3.59. The summed E-state index contributed by atoms with van der Waals surface area (Å²) in [7, 11) is 0. The molecule has 2 atom stereocenters. The minimum atomic E-state index is -0.829. The standard InChI is InChI=1S/C17H22N2O3/c20-16(21)15-11-19(17(22)18-13-8-4-5-9-13)10-14(15)12-6-2-1-3-7-12/h1-3,6-7,13-15H,4-5,8-11H2,(H,18,22)(H,20,21)/t14-,15+/m0/s1. The highest BCUT2D eigenvalue weighted by molar-refractivity contribution is 5.78. The van der Waals surface area contributed by atoms with E-state index in [9.17, 15) is 14.7 Å². The number of hydrogen-bond donors (Lipinski definition) is 2. The number of rotatable bonds is 3. The first-order chi connectivity index (χ1) is 10.6. The van der Waals surface area contributed by atoms with Gasteiger partial charge in [-0.05, 0) is 18.4 Å². The Labute approximate surface area is 130 Å². The molecule has 3 rings (SSSR count). The number of likely N-dealkylation sites (tertiary alicyclic amines) is 1. The molecule has 0 bridgehead atoms. The number of carbonyl (C=O) groups excluding carboxylic acids is 1. The quantitative estimate of drug-likeness (QED) is 0.901. The molecule has 118 valence electrons. The molecule has 1 aromatic rings. The van der Waals surface area contributed by atoms with Crippen LogP contribution >= 0.6 is 0 Å². The Balaban J connectivity index is 1.70. The Kier molecular flexibility index (Phi) is 4.32. The Bertz CT molecular complexity index is 540. The van der Waals surface area contributed by atoms with Gasteiger partial charge in [-0.25, -0.2) is 4.79 Å². The van der Waals surface area contributed by atoms with Crippen LogP contribution in [0.2, 0.25) is 0 Å². The molecular weight excluding hydrogens is 280 g/mol. The van der Waals surface area contributed by atoms with Crippen LogP contribution in [0.4, 0.5) is 4.79 Å². The van der Waals surface area contributed by atoms with Crippen molar-refractivity contribution >= 4 is 12.0 Å². The maximum Gasteiger partial charge on any atom is 0.317 e. The van der Waals surface area contributed by atoms with Crippen LogP contribution < -0.4 is 5.32 Å². The van der Waals surface area contributed by atoms with E-state index < -0.39 is 11.9 Å². The van der Waals surface area contributed by atoms with Gasteiger partial charge in [-0.1, -0.05) is 43.2 Å². The van der Waals surface area contributed by atoms with E-state index in [-0.39, 0.29) is 24.5 Å². The summed E-state index contributed by atoms with van der Waals surface area (Å²) in [5.74, 6) is -1.49. The lowest BCUT2D eigenvalue weighted by atomic mass is 9.89. The van der Waals surface area contributed by atoms with Crippen molar-refractivity contribution in [3.05, 3.63) is 35.9 Å². The highest BCUT2D eigenvalue weighted by atomic mass is 16.4. The van der Waals surface area contributed by atoms with Gasteiger partial charge in [-0.15, -0.1) is 0 Å². The van der Waals surface area contributed by atoms with Crippen LogP contribution in [0.3, 0.4) is 0 Å². The summed E-state index contributed by atoms with van der Waals surface area (Å²) in [5.41, 5.74) is 0.992. The van der Waals surface area contributed by atoms with Gasteiger partial charge in [0.05, 0.1) is 5.92 Å². The van der Waals surface area contributed by atoms with E-state index in [1.165, 1.54) is 0 Å². The van der Waals surface area contributed by atoms with E-state index in [2.05, 4.69) is 5.32 Å². The monoisotopic (exact) mass is 302 g/mol. The first kappa shape index (κ1) is 14.9. The first-order valence-electron chi connectivity index (χ1n) is 7.98. The van der Waals surface area contributed by atoms with Gasteiger partial charge in [0.25, 0.3) is 0 Å². The van der Waals surface area contributed by atoms with Crippen molar-refractivity contribution in [2.45, 2.75) is 37.6 Å². The summed E-state index contributed by atoms with van der Waals surface area (Å²) in [6.07, 6.45) is 4.39. The molecule has 0 unspecified atom stereocenters. The summed E-state index contributed by atoms with van der Waals surface area (Å²) in [6.45, 7) is 0.757. The molecule has 1 heterocycles. The van der Waals surface area contributed by atoms with Crippen molar-refractivity contribution in [2.24, 2.45) is 5.92 Å². The molecule has 22 heavy (non-hydrogen) atoms. The molecule has 0 spiro atoms. The van der Waals surface area contributed by atoms with Gasteiger partial charge in [-0.2, -0.15) is 0 Å². The average Bonchev–Trinajstić information content (AvgIpc) is 3.17. The molecule has 0 aromatic heterocycles. The SMILES string of the molecule is O=C(O)[C@@H]1CN(C(=O)NC2CCCC2)C[C@H]1c1ccccc1. The Hall–Kier alpha value is -2.04. The number of carboxylic acids is 1. The maximum atomic E-state index is 12.4. The second kappa shape index (κ2) is 6.38. The third-order valence-corrected chi connectivity index (χ3v) is 4.83. The molecule has 1 aliphatic heterocycles. The maximum absolute atomic E-state index is 12.4. The van der Waals surface area contributed by atoms with Gasteiger partial charge in [0.1, 0.15) is 0 Å². The molecule has 1 aromatic carbocycles. The molecule has 2 aliphatic rings. The number of carboxylic acid groups (broad SMARTS) is 1. The Morgan fingerprint density at radius 1 is 1.09 bits per heavy atom. The molecule has 0 radical (unpaired) electrons. The number of carbonyl (C=O) groups is 2. The normalized spacial score (nSPS) is 25.4. The van der Waals surface area contributed by atoms with E-state index in [0.29, 0.717) is 6.54 Å². The minimum absolute atomic E-state index is 0.114. The van der Waals surface area contributed by atoms with Crippen LogP contribution in [0, 0.1) is 5.92 Å². The molecule has 5 nitrogen and oxygen atoms in total. The highest BCUT2D eigenvalue weighted by Crippen LogP contribution is 2.33. The number of urea groups is 1. The smallest absolute Gasteiger partial charge is 0.317 e. The predicted molar refractivity (Wildman–Crippen MR) is 82.7 cm³/mol. The predicted octanol–water partition coefficient (Wildman–Crippen LogP) is 2.44. The zero-order valence-corrected chi connectivity index (χ0v) is 12.6. The zero-order chi connectivity index (χ0) is 15.5. The molecule has 2 amide bonds. The Morgan fingerprint density at radius 3 is 2.41 bits per heavy atom. The van der Waals surface area contributed by atoms with Crippen LogP contribution in [0.5, 0.6) is 0 Å². The summed E-state index contributed by atoms with van der Waals surface area (Å²) in [5, 5.41) is 12.5. The lowest BCUT2D eigenvalue weighted by molar-refractivity contribution is -0.141. The molecule has 1 saturated heterocycles. The summed E-state index contributed by atoms with van der Waals surface area (Å²) in [4.78, 5) is 25.6. The number of nitrogens with one attached hydrogen (secondary N) is 1. The third-order valence-electron chi connectivity index (χ3n) is 4.83. The molecule has 2 fully saturated rings. The van der Waals surface area contributed by atoms with Gasteiger partial charge in [0, 0.05) is 25.0 Å². The number of amides is 2. The van der Waals surface area contributed by atoms with Crippen LogP contribution in [0.15, 0.2) is 30.3 Å². The van der Waals surface area contributed by atoms with Crippen molar-refractivity contribution in [3.63, 3.8) is 0 Å². The topological polar surface area (TPSA) is 69.6 Å². The van der Waals surface area contributed by atoms with E-state index in [4.69, 9.17) is 0 Å². The highest BCUT2D eigenvalue weighted by Gasteiger charge is 2.40. The summed E-state index contributed by atoms with van der Waals surface area (Å²) in [6, 6.07) is 9.77. The lowest BCUT2D eigenvalue weighted by Gasteiger charge is -2.20. The van der Waals surface area contributed by atoms with E-state index >= 15 is 0 Å². The molecule has 1 saturated carbocycles. The van der Waals surface area contributed by atoms with Gasteiger partial charge < -0.3 is 15.3 Å². The summed E-state index contributed by atoms with van der Waals surface area (Å²) >= 11 is 0. The number of nitrogens with zero attached hydrogens (tertiary/aromatic N) is 1. The zero-order valence-electron chi connectivity index (χ0n) is 12.6. The van der Waals surface area contributed by atoms with Crippen molar-refractivity contribution in [1.82, 2.24) is 10.2 Å². The molecule has 5 heteroatoms. The minimum Gasteiger partial charge on any atom is -0.481 e. The largest absolute Gasteiger partial charge is 0.481 e. The van der Waals surface area contributed by atoms with Crippen LogP contribution in [-0.4, -0.2) is 41.1 Å². The lowest BCUT2D eigenvalue weighted by Crippen LogP contribution is -2.43. The fourth-order valence-corrected chi connectivity index (χ4v) is 3.59. The number of hydrogen-bond acceptors (Lipinski definition) is 2. The van der Waals surface area contributed by atoms with Crippen molar-refractivity contribution in [3.8, 4) is 0 Å². The van der Waals surface area contributed by atoms with Crippen molar-refractivity contribution in [2.75, 3.05) is 13.1 Å². The van der Waals surface area contributed by atoms with Crippen molar-refractivity contribution < 1.29 is 14.7 Å². The van der Waals surface area contributed by atoms with Crippen molar-refractivity contribution in [1.29, 1.82) is 0 Å². The Morgan fingerprint density at radius 2 is 1.77 bits per heavy atom. The first-order valence-corrected chi connectivity index (χ1v) is 7.98. The van der Waals surface area contributed by atoms with E-state index in [0.717, 1.165) is 31.2 Å². The molecule has 2 N–H and O–H groups in total. The molecular formula is C17H22N2O3.